The average Bonchev–Trinajstić information content (AvgIpc) is 2.80. The van der Waals surface area contributed by atoms with Crippen molar-refractivity contribution in [2.24, 2.45) is 0 Å². The first kappa shape index (κ1) is 13.5. The molecule has 1 heterocycles. The van der Waals surface area contributed by atoms with Crippen molar-refractivity contribution in [2.75, 3.05) is 13.7 Å². The summed E-state index contributed by atoms with van der Waals surface area (Å²) in [5, 5.41) is 10.9. The molecule has 1 aromatic rings. The minimum Gasteiger partial charge on any atom is -0.468 e. The lowest BCUT2D eigenvalue weighted by molar-refractivity contribution is -0.171. The SMILES string of the molecule is COC(=O)[C@@H]1[C@@H](O)CCN1OC(=O)c1ccccc1. The van der Waals surface area contributed by atoms with Crippen LogP contribution in [0.1, 0.15) is 16.8 Å². The van der Waals surface area contributed by atoms with Crippen LogP contribution in [-0.4, -0.2) is 47.9 Å². The number of ether oxygens (including phenoxy) is 1. The van der Waals surface area contributed by atoms with Crippen LogP contribution in [0.25, 0.3) is 0 Å². The number of carbonyl (C=O) groups is 2. The van der Waals surface area contributed by atoms with Crippen molar-refractivity contribution in [3.05, 3.63) is 35.9 Å². The lowest BCUT2D eigenvalue weighted by Gasteiger charge is -2.22. The van der Waals surface area contributed by atoms with E-state index in [0.717, 1.165) is 0 Å². The second-order valence-corrected chi connectivity index (χ2v) is 4.21. The third-order valence-corrected chi connectivity index (χ3v) is 2.97. The van der Waals surface area contributed by atoms with Crippen LogP contribution >= 0.6 is 0 Å². The first-order chi connectivity index (χ1) is 9.13. The largest absolute Gasteiger partial charge is 0.468 e. The second-order valence-electron chi connectivity index (χ2n) is 4.21. The van der Waals surface area contributed by atoms with Crippen LogP contribution in [0, 0.1) is 0 Å². The van der Waals surface area contributed by atoms with E-state index in [2.05, 4.69) is 4.74 Å². The number of hydrogen-bond acceptors (Lipinski definition) is 6. The van der Waals surface area contributed by atoms with E-state index in [9.17, 15) is 14.7 Å². The molecule has 0 saturated carbocycles. The number of rotatable bonds is 3. The summed E-state index contributed by atoms with van der Waals surface area (Å²) in [5.41, 5.74) is 0.382. The summed E-state index contributed by atoms with van der Waals surface area (Å²) in [6.45, 7) is 0.291. The van der Waals surface area contributed by atoms with E-state index in [1.807, 2.05) is 0 Å². The first-order valence-electron chi connectivity index (χ1n) is 5.93. The Morgan fingerprint density at radius 2 is 2.00 bits per heavy atom. The molecule has 6 nitrogen and oxygen atoms in total. The van der Waals surface area contributed by atoms with Gasteiger partial charge in [-0.1, -0.05) is 18.2 Å². The molecule has 0 aromatic heterocycles. The highest BCUT2D eigenvalue weighted by molar-refractivity contribution is 5.89. The molecule has 6 heteroatoms. The molecule has 0 spiro atoms. The van der Waals surface area contributed by atoms with E-state index in [4.69, 9.17) is 4.84 Å². The third kappa shape index (κ3) is 2.91. The normalized spacial score (nSPS) is 23.1. The summed E-state index contributed by atoms with van der Waals surface area (Å²) in [6, 6.07) is 7.48. The number of nitrogens with zero attached hydrogens (tertiary/aromatic N) is 1. The van der Waals surface area contributed by atoms with E-state index >= 15 is 0 Å². The van der Waals surface area contributed by atoms with Crippen molar-refractivity contribution >= 4 is 11.9 Å². The molecule has 0 aliphatic carbocycles. The maximum Gasteiger partial charge on any atom is 0.357 e. The Morgan fingerprint density at radius 3 is 2.63 bits per heavy atom. The van der Waals surface area contributed by atoms with Crippen molar-refractivity contribution in [1.29, 1.82) is 0 Å². The van der Waals surface area contributed by atoms with E-state index in [1.54, 1.807) is 30.3 Å². The summed E-state index contributed by atoms with van der Waals surface area (Å²) < 4.78 is 4.59. The molecule has 1 fully saturated rings. The topological polar surface area (TPSA) is 76.1 Å². The molecule has 0 bridgehead atoms. The van der Waals surface area contributed by atoms with E-state index in [0.29, 0.717) is 18.5 Å². The third-order valence-electron chi connectivity index (χ3n) is 2.97. The van der Waals surface area contributed by atoms with Gasteiger partial charge in [-0.15, -0.1) is 5.06 Å². The van der Waals surface area contributed by atoms with Crippen molar-refractivity contribution in [2.45, 2.75) is 18.6 Å². The molecule has 1 aliphatic heterocycles. The fraction of sp³-hybridized carbons (Fsp3) is 0.385. The zero-order valence-corrected chi connectivity index (χ0v) is 10.5. The number of aliphatic hydroxyl groups is 1. The van der Waals surface area contributed by atoms with Crippen molar-refractivity contribution < 1.29 is 24.3 Å². The quantitative estimate of drug-likeness (QED) is 0.796. The van der Waals surface area contributed by atoms with Crippen molar-refractivity contribution in [3.63, 3.8) is 0 Å². The monoisotopic (exact) mass is 265 g/mol. The van der Waals surface area contributed by atoms with Crippen LogP contribution in [0.5, 0.6) is 0 Å². The highest BCUT2D eigenvalue weighted by atomic mass is 16.7. The number of carbonyl (C=O) groups excluding carboxylic acids is 2. The van der Waals surface area contributed by atoms with Crippen LogP contribution in [0.4, 0.5) is 0 Å². The summed E-state index contributed by atoms with van der Waals surface area (Å²) in [5.74, 6) is -1.19. The molecule has 1 saturated heterocycles. The Balaban J connectivity index is 2.06. The molecule has 0 amide bonds. The predicted octanol–water partition coefficient (Wildman–Crippen LogP) is 0.367. The Bertz CT molecular complexity index is 461. The van der Waals surface area contributed by atoms with Gasteiger partial charge in [0.1, 0.15) is 0 Å². The Morgan fingerprint density at radius 1 is 1.32 bits per heavy atom. The minimum absolute atomic E-state index is 0.291. The molecule has 1 aliphatic rings. The van der Waals surface area contributed by atoms with Gasteiger partial charge in [-0.05, 0) is 18.6 Å². The van der Waals surface area contributed by atoms with E-state index < -0.39 is 24.1 Å². The fourth-order valence-electron chi connectivity index (χ4n) is 1.98. The molecular weight excluding hydrogens is 250 g/mol. The zero-order valence-electron chi connectivity index (χ0n) is 10.5. The molecule has 0 unspecified atom stereocenters. The van der Waals surface area contributed by atoms with Gasteiger partial charge in [-0.2, -0.15) is 0 Å². The van der Waals surface area contributed by atoms with Crippen LogP contribution in [-0.2, 0) is 14.4 Å². The molecular formula is C13H15NO5. The first-order valence-corrected chi connectivity index (χ1v) is 5.93. The highest BCUT2D eigenvalue weighted by Gasteiger charge is 2.42. The van der Waals surface area contributed by atoms with Crippen LogP contribution in [0.2, 0.25) is 0 Å². The van der Waals surface area contributed by atoms with Crippen molar-refractivity contribution in [1.82, 2.24) is 5.06 Å². The Kier molecular flexibility index (Phi) is 4.13. The van der Waals surface area contributed by atoms with Gasteiger partial charge in [-0.25, -0.2) is 4.79 Å². The van der Waals surface area contributed by atoms with Gasteiger partial charge in [0, 0.05) is 6.54 Å². The number of benzene rings is 1. The summed E-state index contributed by atoms with van der Waals surface area (Å²) in [7, 11) is 1.23. The lowest BCUT2D eigenvalue weighted by Crippen LogP contribution is -2.43. The number of aliphatic hydroxyl groups excluding tert-OH is 1. The second kappa shape index (κ2) is 5.81. The van der Waals surface area contributed by atoms with Crippen LogP contribution in [0.15, 0.2) is 30.3 Å². The number of esters is 1. The summed E-state index contributed by atoms with van der Waals surface area (Å²) in [6.07, 6.45) is -0.544. The molecule has 1 N–H and O–H groups in total. The van der Waals surface area contributed by atoms with Gasteiger partial charge in [-0.3, -0.25) is 4.79 Å². The number of hydroxylamine groups is 2. The molecule has 2 atom stereocenters. The van der Waals surface area contributed by atoms with E-state index in [-0.39, 0.29) is 0 Å². The van der Waals surface area contributed by atoms with Gasteiger partial charge < -0.3 is 14.7 Å². The zero-order chi connectivity index (χ0) is 13.8. The van der Waals surface area contributed by atoms with E-state index in [1.165, 1.54) is 12.2 Å². The van der Waals surface area contributed by atoms with Crippen LogP contribution < -0.4 is 0 Å². The maximum atomic E-state index is 11.9. The Hall–Kier alpha value is -1.92. The maximum absolute atomic E-state index is 11.9. The smallest absolute Gasteiger partial charge is 0.357 e. The summed E-state index contributed by atoms with van der Waals surface area (Å²) >= 11 is 0. The molecule has 1 aromatic carbocycles. The van der Waals surface area contributed by atoms with Gasteiger partial charge >= 0.3 is 11.9 Å². The minimum atomic E-state index is -0.960. The van der Waals surface area contributed by atoms with Gasteiger partial charge in [0.15, 0.2) is 6.04 Å². The summed E-state index contributed by atoms with van der Waals surface area (Å²) in [4.78, 5) is 28.5. The van der Waals surface area contributed by atoms with Gasteiger partial charge in [0.2, 0.25) is 0 Å². The lowest BCUT2D eigenvalue weighted by atomic mass is 10.2. The average molecular weight is 265 g/mol. The molecule has 102 valence electrons. The fourth-order valence-corrected chi connectivity index (χ4v) is 1.98. The van der Waals surface area contributed by atoms with Gasteiger partial charge in [0.25, 0.3) is 0 Å². The standard InChI is InChI=1S/C13H15NO5/c1-18-13(17)11-10(15)7-8-14(11)19-12(16)9-5-3-2-4-6-9/h2-6,10-11,15H,7-8H2,1H3/t10-,11-/m0/s1. The number of hydrogen-bond donors (Lipinski definition) is 1. The van der Waals surface area contributed by atoms with Gasteiger partial charge in [0.05, 0.1) is 18.8 Å². The number of methoxy groups -OCH3 is 1. The molecule has 19 heavy (non-hydrogen) atoms. The Labute approximate surface area is 110 Å². The molecule has 2 rings (SSSR count). The van der Waals surface area contributed by atoms with Crippen LogP contribution in [0.3, 0.4) is 0 Å². The molecule has 0 radical (unpaired) electrons. The predicted molar refractivity (Wildman–Crippen MR) is 65.0 cm³/mol. The van der Waals surface area contributed by atoms with Crippen molar-refractivity contribution in [3.8, 4) is 0 Å². The highest BCUT2D eigenvalue weighted by Crippen LogP contribution is 2.20.